The number of hydrogen-bond acceptors (Lipinski definition) is 0. The van der Waals surface area contributed by atoms with Crippen molar-refractivity contribution in [3.05, 3.63) is 0 Å². The third kappa shape index (κ3) is 9.09. The van der Waals surface area contributed by atoms with Crippen molar-refractivity contribution in [1.29, 1.82) is 0 Å². The van der Waals surface area contributed by atoms with Gasteiger partial charge in [0.05, 0.1) is 0 Å². The molecule has 0 unspecified atom stereocenters. The summed E-state index contributed by atoms with van der Waals surface area (Å²) in [6.07, 6.45) is 0. The minimum absolute atomic E-state index is 0. The Kier molecular flexibility index (Phi) is 203. The molecule has 0 atom stereocenters. The summed E-state index contributed by atoms with van der Waals surface area (Å²) in [6.45, 7) is 0. The Labute approximate surface area is 65.6 Å². The first kappa shape index (κ1) is 39.3. The van der Waals surface area contributed by atoms with Crippen LogP contribution < -0.4 is 0 Å². The quantitative estimate of drug-likeness (QED) is 0.384. The van der Waals surface area contributed by atoms with Crippen molar-refractivity contribution in [1.82, 2.24) is 0 Å². The minimum Gasteiger partial charge on any atom is 0 e. The second-order valence-electron chi connectivity index (χ2n) is 0. The van der Waals surface area contributed by atoms with Crippen LogP contribution in [0.2, 0.25) is 0 Å². The summed E-state index contributed by atoms with van der Waals surface area (Å²) >= 11 is 0. The fourth-order valence-electron chi connectivity index (χ4n) is 0. The van der Waals surface area contributed by atoms with Gasteiger partial charge < -0.3 is 0 Å². The van der Waals surface area contributed by atoms with Crippen LogP contribution in [-0.4, -0.2) is 25.8 Å². The van der Waals surface area contributed by atoms with Crippen LogP contribution in [-0.2, 0) is 40.3 Å². The maximum atomic E-state index is 0. The van der Waals surface area contributed by atoms with Crippen molar-refractivity contribution < 1.29 is 40.3 Å². The predicted molar refractivity (Wildman–Crippen MR) is 11.5 cm³/mol. The van der Waals surface area contributed by atoms with Gasteiger partial charge >= 0.3 is 0 Å². The van der Waals surface area contributed by atoms with Gasteiger partial charge in [0.25, 0.3) is 0 Å². The van der Waals surface area contributed by atoms with Crippen molar-refractivity contribution in [3.8, 4) is 0 Å². The SMILES string of the molecule is [Al].[B].[Ti].[V]. The molecule has 0 aromatic rings. The summed E-state index contributed by atoms with van der Waals surface area (Å²) in [7, 11) is 0. The molecule has 0 aliphatic heterocycles. The molecule has 0 heterocycles. The monoisotopic (exact) mass is 137 g/mol. The number of hydrogen-bond donors (Lipinski definition) is 0. The molecule has 0 fully saturated rings. The molecule has 0 aromatic carbocycles. The standard InChI is InChI=1S/Al.B.Ti.V. The topological polar surface area (TPSA) is 0 Å². The Bertz CT molecular complexity index is 8.00. The van der Waals surface area contributed by atoms with E-state index in [0.29, 0.717) is 0 Å². The molecule has 0 nitrogen and oxygen atoms in total. The molecular formula is AlBTiV. The second kappa shape index (κ2) is 20.7. The van der Waals surface area contributed by atoms with E-state index in [0.717, 1.165) is 0 Å². The molecule has 0 saturated carbocycles. The van der Waals surface area contributed by atoms with Gasteiger partial charge in [-0.05, 0) is 0 Å². The maximum Gasteiger partial charge on any atom is 0 e. The Balaban J connectivity index is 0. The van der Waals surface area contributed by atoms with Crippen LogP contribution in [0, 0.1) is 0 Å². The van der Waals surface area contributed by atoms with Gasteiger partial charge in [-0.2, -0.15) is 0 Å². The molecule has 7 radical (unpaired) electrons. The molecule has 0 aromatic heterocycles. The van der Waals surface area contributed by atoms with Crippen molar-refractivity contribution in [2.45, 2.75) is 0 Å². The molecule has 0 bridgehead atoms. The van der Waals surface area contributed by atoms with E-state index in [2.05, 4.69) is 0 Å². The van der Waals surface area contributed by atoms with Gasteiger partial charge in [-0.15, -0.1) is 0 Å². The van der Waals surface area contributed by atoms with Gasteiger partial charge in [0.1, 0.15) is 0 Å². The minimum atomic E-state index is 0. The smallest absolute Gasteiger partial charge is 0 e. The van der Waals surface area contributed by atoms with Crippen LogP contribution in [0.5, 0.6) is 0 Å². The van der Waals surface area contributed by atoms with E-state index in [1.807, 2.05) is 0 Å². The zero-order chi connectivity index (χ0) is 0. The van der Waals surface area contributed by atoms with E-state index in [1.54, 1.807) is 0 Å². The Morgan fingerprint density at radius 3 is 1.00 bits per heavy atom. The molecule has 4 heteroatoms. The molecular weight excluding hydrogens is 137 g/mol. The third-order valence-corrected chi connectivity index (χ3v) is 0. The first-order valence-electron chi connectivity index (χ1n) is 0. The van der Waals surface area contributed by atoms with Crippen molar-refractivity contribution >= 4 is 25.8 Å². The second-order valence-corrected chi connectivity index (χ2v) is 0. The van der Waals surface area contributed by atoms with Crippen LogP contribution in [0.4, 0.5) is 0 Å². The van der Waals surface area contributed by atoms with E-state index in [9.17, 15) is 0 Å². The van der Waals surface area contributed by atoms with E-state index in [4.69, 9.17) is 0 Å². The van der Waals surface area contributed by atoms with Gasteiger partial charge in [0.15, 0.2) is 0 Å². The van der Waals surface area contributed by atoms with Crippen molar-refractivity contribution in [3.63, 3.8) is 0 Å². The van der Waals surface area contributed by atoms with E-state index < -0.39 is 0 Å². The molecule has 0 aliphatic rings. The molecule has 4 heavy (non-hydrogen) atoms. The fraction of sp³-hybridized carbons (Fsp3) is 0. The van der Waals surface area contributed by atoms with Crippen LogP contribution >= 0.6 is 0 Å². The Hall–Kier alpha value is 1.90. The maximum absolute atomic E-state index is 0. The summed E-state index contributed by atoms with van der Waals surface area (Å²) < 4.78 is 0. The molecule has 0 N–H and O–H groups in total. The Morgan fingerprint density at radius 2 is 1.00 bits per heavy atom. The van der Waals surface area contributed by atoms with Gasteiger partial charge in [0, 0.05) is 66.0 Å². The van der Waals surface area contributed by atoms with E-state index in [1.165, 1.54) is 0 Å². The molecule has 0 spiro atoms. The first-order chi connectivity index (χ1) is 0. The molecule has 0 amide bonds. The summed E-state index contributed by atoms with van der Waals surface area (Å²) in [5.74, 6) is 0. The zero-order valence-electron chi connectivity index (χ0n) is 2.10. The summed E-state index contributed by atoms with van der Waals surface area (Å²) in [5, 5.41) is 0. The number of rotatable bonds is 0. The molecule has 0 saturated heterocycles. The summed E-state index contributed by atoms with van der Waals surface area (Å²) in [5.41, 5.74) is 0. The van der Waals surface area contributed by atoms with Crippen LogP contribution in [0.15, 0.2) is 0 Å². The molecule has 0 aliphatic carbocycles. The first-order valence-corrected chi connectivity index (χ1v) is 0. The van der Waals surface area contributed by atoms with Crippen LogP contribution in [0.1, 0.15) is 0 Å². The normalized spacial score (nSPS) is 0. The van der Waals surface area contributed by atoms with Gasteiger partial charge in [-0.3, -0.25) is 0 Å². The van der Waals surface area contributed by atoms with Gasteiger partial charge in [-0.1, -0.05) is 0 Å². The van der Waals surface area contributed by atoms with Crippen LogP contribution in [0.25, 0.3) is 0 Å². The van der Waals surface area contributed by atoms with Gasteiger partial charge in [-0.25, -0.2) is 0 Å². The molecule has 0 rings (SSSR count). The molecule has 15 valence electrons. The zero-order valence-corrected chi connectivity index (χ0v) is 6.21. The fourth-order valence-corrected chi connectivity index (χ4v) is 0. The van der Waals surface area contributed by atoms with E-state index >= 15 is 0 Å². The summed E-state index contributed by atoms with van der Waals surface area (Å²) in [6, 6.07) is 0. The van der Waals surface area contributed by atoms with Crippen molar-refractivity contribution in [2.75, 3.05) is 0 Å². The predicted octanol–water partition coefficient (Wildman–Crippen LogP) is -0.767. The van der Waals surface area contributed by atoms with Crippen molar-refractivity contribution in [2.24, 2.45) is 0 Å². The average molecular weight is 137 g/mol. The van der Waals surface area contributed by atoms with Gasteiger partial charge in [0.2, 0.25) is 0 Å². The Morgan fingerprint density at radius 1 is 1.00 bits per heavy atom. The summed E-state index contributed by atoms with van der Waals surface area (Å²) in [4.78, 5) is 0. The van der Waals surface area contributed by atoms with E-state index in [-0.39, 0.29) is 66.0 Å². The van der Waals surface area contributed by atoms with Crippen LogP contribution in [0.3, 0.4) is 0 Å². The largest absolute Gasteiger partial charge is 0 e. The third-order valence-electron chi connectivity index (χ3n) is 0. The average Bonchev–Trinajstić information content (AvgIpc) is 0.